The van der Waals surface area contributed by atoms with Gasteiger partial charge in [0.05, 0.1) is 6.61 Å². The van der Waals surface area contributed by atoms with Crippen molar-refractivity contribution in [2.45, 2.75) is 38.0 Å². The Labute approximate surface area is 215 Å². The average molecular weight is 570 g/mol. The fraction of sp³-hybridized carbons (Fsp3) is 0.680. The Morgan fingerprint density at radius 3 is 2.67 bits per heavy atom. The van der Waals surface area contributed by atoms with Gasteiger partial charge in [0, 0.05) is 64.9 Å². The first-order chi connectivity index (χ1) is 15.7. The van der Waals surface area contributed by atoms with Crippen LogP contribution in [-0.2, 0) is 9.53 Å². The van der Waals surface area contributed by atoms with Crippen molar-refractivity contribution in [2.75, 3.05) is 71.5 Å². The van der Waals surface area contributed by atoms with Crippen LogP contribution in [0, 0.1) is 5.92 Å². The molecule has 33 heavy (non-hydrogen) atoms. The van der Waals surface area contributed by atoms with E-state index in [9.17, 15) is 4.79 Å². The highest BCUT2D eigenvalue weighted by Gasteiger charge is 2.32. The fourth-order valence-corrected chi connectivity index (χ4v) is 5.36. The highest BCUT2D eigenvalue weighted by atomic mass is 127. The molecule has 1 N–H and O–H groups in total. The first kappa shape index (κ1) is 26.2. The number of hydrogen-bond acceptors (Lipinski definition) is 4. The first-order valence-electron chi connectivity index (χ1n) is 12.3. The zero-order chi connectivity index (χ0) is 22.3. The number of nitrogens with one attached hydrogen (secondary N) is 1. The van der Waals surface area contributed by atoms with E-state index in [4.69, 9.17) is 4.74 Å². The van der Waals surface area contributed by atoms with Crippen LogP contribution >= 0.6 is 24.0 Å². The minimum atomic E-state index is 0. The molecule has 184 valence electrons. The number of nitrogens with zero attached hydrogens (tertiary/aromatic N) is 4. The molecule has 3 aliphatic heterocycles. The van der Waals surface area contributed by atoms with E-state index < -0.39 is 0 Å². The molecule has 1 amide bonds. The summed E-state index contributed by atoms with van der Waals surface area (Å²) < 4.78 is 5.22. The molecule has 1 aromatic rings. The lowest BCUT2D eigenvalue weighted by molar-refractivity contribution is -0.127. The van der Waals surface area contributed by atoms with Gasteiger partial charge in [-0.2, -0.15) is 0 Å². The largest absolute Gasteiger partial charge is 0.383 e. The maximum atomic E-state index is 12.0. The first-order valence-corrected chi connectivity index (χ1v) is 12.3. The number of anilines is 1. The molecule has 7 nitrogen and oxygen atoms in total. The zero-order valence-electron chi connectivity index (χ0n) is 20.2. The summed E-state index contributed by atoms with van der Waals surface area (Å²) in [6.45, 7) is 7.83. The van der Waals surface area contributed by atoms with Crippen molar-refractivity contribution in [1.29, 1.82) is 0 Å². The minimum Gasteiger partial charge on any atom is -0.383 e. The lowest BCUT2D eigenvalue weighted by Gasteiger charge is -2.32. The van der Waals surface area contributed by atoms with Crippen LogP contribution in [0.5, 0.6) is 0 Å². The van der Waals surface area contributed by atoms with Gasteiger partial charge in [-0.15, -0.1) is 24.0 Å². The lowest BCUT2D eigenvalue weighted by Crippen LogP contribution is -2.45. The molecule has 4 rings (SSSR count). The second-order valence-corrected chi connectivity index (χ2v) is 9.35. The molecule has 1 unspecified atom stereocenters. The highest BCUT2D eigenvalue weighted by molar-refractivity contribution is 14.0. The molecule has 1 atom stereocenters. The summed E-state index contributed by atoms with van der Waals surface area (Å²) in [6.07, 6.45) is 5.17. The monoisotopic (exact) mass is 569 g/mol. The predicted octanol–water partition coefficient (Wildman–Crippen LogP) is 3.15. The van der Waals surface area contributed by atoms with Gasteiger partial charge in [0.15, 0.2) is 5.96 Å². The summed E-state index contributed by atoms with van der Waals surface area (Å²) in [5, 5.41) is 3.67. The van der Waals surface area contributed by atoms with Crippen LogP contribution in [0.2, 0.25) is 0 Å². The van der Waals surface area contributed by atoms with Crippen LogP contribution in [-0.4, -0.2) is 88.2 Å². The standard InChI is InChI=1S/C25H39N5O2.HI/c1-26-25(27-18-20-9-13-28(14-10-20)16-17-32-2)30-19-21(22-6-3-4-7-23(22)30)11-15-29-12-5-8-24(29)31;/h3-4,6-7,20-21H,5,8-19H2,1-2H3,(H,26,27);1H. The van der Waals surface area contributed by atoms with Crippen molar-refractivity contribution in [3.05, 3.63) is 29.8 Å². The van der Waals surface area contributed by atoms with Gasteiger partial charge in [-0.1, -0.05) is 18.2 Å². The maximum Gasteiger partial charge on any atom is 0.222 e. The summed E-state index contributed by atoms with van der Waals surface area (Å²) in [6, 6.07) is 8.69. The number of ether oxygens (including phenoxy) is 1. The van der Waals surface area contributed by atoms with E-state index in [-0.39, 0.29) is 24.0 Å². The van der Waals surface area contributed by atoms with Crippen molar-refractivity contribution in [3.8, 4) is 0 Å². The Morgan fingerprint density at radius 1 is 1.18 bits per heavy atom. The molecule has 1 aromatic carbocycles. The molecule has 8 heteroatoms. The minimum absolute atomic E-state index is 0. The fourth-order valence-electron chi connectivity index (χ4n) is 5.36. The van der Waals surface area contributed by atoms with Crippen LogP contribution in [0.1, 0.15) is 43.6 Å². The van der Waals surface area contributed by atoms with Crippen LogP contribution in [0.4, 0.5) is 5.69 Å². The van der Waals surface area contributed by atoms with E-state index in [1.807, 2.05) is 11.9 Å². The molecule has 0 aromatic heterocycles. The van der Waals surface area contributed by atoms with Crippen molar-refractivity contribution in [2.24, 2.45) is 10.9 Å². The summed E-state index contributed by atoms with van der Waals surface area (Å²) in [5.41, 5.74) is 2.64. The lowest BCUT2D eigenvalue weighted by atomic mass is 9.97. The van der Waals surface area contributed by atoms with E-state index in [0.717, 1.165) is 77.6 Å². The number of likely N-dealkylation sites (tertiary alicyclic amines) is 2. The van der Waals surface area contributed by atoms with Crippen LogP contribution in [0.15, 0.2) is 29.3 Å². The zero-order valence-corrected chi connectivity index (χ0v) is 22.5. The topological polar surface area (TPSA) is 60.4 Å². The molecular formula is C25H40IN5O2. The van der Waals surface area contributed by atoms with Crippen molar-refractivity contribution >= 4 is 41.5 Å². The average Bonchev–Trinajstić information content (AvgIpc) is 3.41. The van der Waals surface area contributed by atoms with Crippen LogP contribution in [0.3, 0.4) is 0 Å². The van der Waals surface area contributed by atoms with E-state index in [0.29, 0.717) is 17.7 Å². The quantitative estimate of drug-likeness (QED) is 0.296. The number of carbonyl (C=O) groups is 1. The number of halogens is 1. The molecule has 0 radical (unpaired) electrons. The molecule has 3 aliphatic rings. The molecule has 0 saturated carbocycles. The molecule has 0 bridgehead atoms. The molecule has 2 saturated heterocycles. The molecule has 2 fully saturated rings. The van der Waals surface area contributed by atoms with E-state index >= 15 is 0 Å². The summed E-state index contributed by atoms with van der Waals surface area (Å²) in [4.78, 5) is 23.5. The number of aliphatic imine (C=N–C) groups is 1. The summed E-state index contributed by atoms with van der Waals surface area (Å²) in [5.74, 6) is 2.40. The van der Waals surface area contributed by atoms with Gasteiger partial charge in [-0.3, -0.25) is 9.79 Å². The Hall–Kier alpha value is -1.39. The van der Waals surface area contributed by atoms with Crippen LogP contribution in [0.25, 0.3) is 0 Å². The Bertz CT molecular complexity index is 797. The van der Waals surface area contributed by atoms with E-state index in [1.54, 1.807) is 7.11 Å². The number of para-hydroxylation sites is 1. The van der Waals surface area contributed by atoms with E-state index in [1.165, 1.54) is 24.1 Å². The van der Waals surface area contributed by atoms with Gasteiger partial charge in [0.2, 0.25) is 5.91 Å². The maximum absolute atomic E-state index is 12.0. The van der Waals surface area contributed by atoms with Crippen molar-refractivity contribution in [1.82, 2.24) is 15.1 Å². The summed E-state index contributed by atoms with van der Waals surface area (Å²) >= 11 is 0. The normalized spacial score (nSPS) is 21.9. The number of carbonyl (C=O) groups excluding carboxylic acids is 1. The van der Waals surface area contributed by atoms with Gasteiger partial charge >= 0.3 is 0 Å². The number of benzene rings is 1. The Kier molecular flexibility index (Phi) is 10.2. The predicted molar refractivity (Wildman–Crippen MR) is 145 cm³/mol. The van der Waals surface area contributed by atoms with Gasteiger partial charge in [-0.25, -0.2) is 0 Å². The Balaban J connectivity index is 0.00000306. The number of guanidine groups is 1. The molecule has 0 spiro atoms. The van der Waals surface area contributed by atoms with Gasteiger partial charge in [-0.05, 0) is 56.3 Å². The van der Waals surface area contributed by atoms with Gasteiger partial charge < -0.3 is 24.8 Å². The second kappa shape index (κ2) is 12.9. The van der Waals surface area contributed by atoms with Crippen molar-refractivity contribution in [3.63, 3.8) is 0 Å². The Morgan fingerprint density at radius 2 is 1.97 bits per heavy atom. The second-order valence-electron chi connectivity index (χ2n) is 9.35. The highest BCUT2D eigenvalue weighted by Crippen LogP contribution is 2.38. The molecule has 0 aliphatic carbocycles. The number of rotatable bonds is 8. The molecule has 3 heterocycles. The third kappa shape index (κ3) is 6.60. The summed E-state index contributed by atoms with van der Waals surface area (Å²) in [7, 11) is 3.66. The number of piperidine rings is 1. The van der Waals surface area contributed by atoms with Gasteiger partial charge in [0.1, 0.15) is 0 Å². The van der Waals surface area contributed by atoms with Gasteiger partial charge in [0.25, 0.3) is 0 Å². The third-order valence-corrected chi connectivity index (χ3v) is 7.32. The SMILES string of the molecule is CN=C(NCC1CCN(CCOC)CC1)N1CC(CCN2CCCC2=O)c2ccccc21.I. The number of amides is 1. The van der Waals surface area contributed by atoms with E-state index in [2.05, 4.69) is 44.4 Å². The number of fused-ring (bicyclic) bond motifs is 1. The number of hydrogen-bond donors (Lipinski definition) is 1. The van der Waals surface area contributed by atoms with Crippen LogP contribution < -0.4 is 10.2 Å². The van der Waals surface area contributed by atoms with Crippen molar-refractivity contribution < 1.29 is 9.53 Å². The number of methoxy groups -OCH3 is 1. The third-order valence-electron chi connectivity index (χ3n) is 7.32. The smallest absolute Gasteiger partial charge is 0.222 e. The molecular weight excluding hydrogens is 529 g/mol.